The topological polar surface area (TPSA) is 83.8 Å². The Labute approximate surface area is 82.1 Å². The number of aromatic nitrogens is 2. The number of rotatable bonds is 3. The summed E-state index contributed by atoms with van der Waals surface area (Å²) in [5.41, 5.74) is 6.59. The minimum Gasteiger partial charge on any atom is -0.352 e. The molecule has 1 aromatic heterocycles. The second-order valence-corrected chi connectivity index (χ2v) is 3.75. The summed E-state index contributed by atoms with van der Waals surface area (Å²) in [6, 6.07) is 0.222. The van der Waals surface area contributed by atoms with Crippen LogP contribution in [0.5, 0.6) is 0 Å². The maximum absolute atomic E-state index is 11.5. The molecule has 1 amide bonds. The lowest BCUT2D eigenvalue weighted by Crippen LogP contribution is -2.44. The van der Waals surface area contributed by atoms with E-state index in [1.54, 1.807) is 12.4 Å². The molecule has 1 aliphatic carbocycles. The molecule has 76 valence electrons. The summed E-state index contributed by atoms with van der Waals surface area (Å²) in [5.74, 6) is 0.227. The number of aromatic amines is 1. The van der Waals surface area contributed by atoms with Gasteiger partial charge in [-0.15, -0.1) is 0 Å². The first-order chi connectivity index (χ1) is 6.75. The van der Waals surface area contributed by atoms with Gasteiger partial charge in [0.15, 0.2) is 0 Å². The van der Waals surface area contributed by atoms with Gasteiger partial charge in [-0.1, -0.05) is 0 Å². The number of nitrogens with zero attached hydrogens (tertiary/aromatic N) is 1. The first-order valence-electron chi connectivity index (χ1n) is 4.76. The van der Waals surface area contributed by atoms with E-state index in [1.807, 2.05) is 0 Å². The third-order valence-electron chi connectivity index (χ3n) is 2.57. The van der Waals surface area contributed by atoms with Crippen LogP contribution in [-0.2, 0) is 11.3 Å². The van der Waals surface area contributed by atoms with Gasteiger partial charge < -0.3 is 11.1 Å². The second-order valence-electron chi connectivity index (χ2n) is 3.75. The first-order valence-corrected chi connectivity index (χ1v) is 4.76. The predicted octanol–water partition coefficient (Wildman–Crippen LogP) is -0.237. The van der Waals surface area contributed by atoms with Gasteiger partial charge in [-0.2, -0.15) is 5.10 Å². The van der Waals surface area contributed by atoms with Gasteiger partial charge >= 0.3 is 0 Å². The van der Waals surface area contributed by atoms with E-state index in [1.165, 1.54) is 0 Å². The van der Waals surface area contributed by atoms with Crippen LogP contribution in [0, 0.1) is 5.92 Å². The summed E-state index contributed by atoms with van der Waals surface area (Å²) in [6.07, 6.45) is 5.11. The third kappa shape index (κ3) is 1.93. The number of carbonyl (C=O) groups is 1. The molecular formula is C9H14N4O. The Morgan fingerprint density at radius 2 is 2.50 bits per heavy atom. The minimum absolute atomic E-state index is 0.105. The summed E-state index contributed by atoms with van der Waals surface area (Å²) >= 11 is 0. The molecule has 2 rings (SSSR count). The zero-order valence-corrected chi connectivity index (χ0v) is 7.86. The molecule has 1 heterocycles. The number of nitrogens with two attached hydrogens (primary N) is 1. The van der Waals surface area contributed by atoms with E-state index in [0.29, 0.717) is 6.54 Å². The zero-order chi connectivity index (χ0) is 9.97. The quantitative estimate of drug-likeness (QED) is 0.621. The molecule has 0 radical (unpaired) electrons. The maximum Gasteiger partial charge on any atom is 0.223 e. The Hall–Kier alpha value is -1.36. The molecule has 5 heteroatoms. The van der Waals surface area contributed by atoms with Gasteiger partial charge in [0.05, 0.1) is 6.20 Å². The highest BCUT2D eigenvalue weighted by Gasteiger charge is 2.31. The van der Waals surface area contributed by atoms with Gasteiger partial charge in [0.2, 0.25) is 5.91 Å². The number of hydrogen-bond donors (Lipinski definition) is 3. The van der Waals surface area contributed by atoms with Gasteiger partial charge in [-0.05, 0) is 12.8 Å². The predicted molar refractivity (Wildman–Crippen MR) is 51.1 cm³/mol. The fraction of sp³-hybridized carbons (Fsp3) is 0.556. The number of H-pyrrole nitrogens is 1. The molecule has 5 nitrogen and oxygen atoms in total. The van der Waals surface area contributed by atoms with Gasteiger partial charge in [0.1, 0.15) is 0 Å². The average Bonchev–Trinajstić information content (AvgIpc) is 2.61. The standard InChI is InChI=1S/C9H14N4O/c10-8-1-7(2-8)9(14)11-3-6-4-12-13-5-6/h4-5,7-8H,1-3,10H2,(H,11,14)(H,12,13). The molecule has 0 aliphatic heterocycles. The molecule has 0 atom stereocenters. The van der Waals surface area contributed by atoms with Crippen molar-refractivity contribution < 1.29 is 4.79 Å². The molecule has 0 aromatic carbocycles. The molecule has 1 aromatic rings. The highest BCUT2D eigenvalue weighted by molar-refractivity contribution is 5.79. The van der Waals surface area contributed by atoms with Crippen molar-refractivity contribution >= 4 is 5.91 Å². The van der Waals surface area contributed by atoms with Crippen LogP contribution in [0.2, 0.25) is 0 Å². The molecule has 0 spiro atoms. The lowest BCUT2D eigenvalue weighted by atomic mass is 9.80. The lowest BCUT2D eigenvalue weighted by Gasteiger charge is -2.30. The number of carbonyl (C=O) groups excluding carboxylic acids is 1. The van der Waals surface area contributed by atoms with Gasteiger partial charge in [0, 0.05) is 30.3 Å². The first kappa shape index (κ1) is 9.21. The zero-order valence-electron chi connectivity index (χ0n) is 7.86. The van der Waals surface area contributed by atoms with Crippen LogP contribution in [-0.4, -0.2) is 22.1 Å². The highest BCUT2D eigenvalue weighted by Crippen LogP contribution is 2.25. The summed E-state index contributed by atoms with van der Waals surface area (Å²) in [4.78, 5) is 11.5. The van der Waals surface area contributed by atoms with Crippen molar-refractivity contribution in [2.45, 2.75) is 25.4 Å². The minimum atomic E-state index is 0.105. The van der Waals surface area contributed by atoms with Crippen LogP contribution in [0.25, 0.3) is 0 Å². The van der Waals surface area contributed by atoms with Gasteiger partial charge in [-0.25, -0.2) is 0 Å². The fourth-order valence-electron chi connectivity index (χ4n) is 1.58. The van der Waals surface area contributed by atoms with Crippen LogP contribution < -0.4 is 11.1 Å². The van der Waals surface area contributed by atoms with E-state index < -0.39 is 0 Å². The highest BCUT2D eigenvalue weighted by atomic mass is 16.1. The number of nitrogens with one attached hydrogen (secondary N) is 2. The van der Waals surface area contributed by atoms with Crippen molar-refractivity contribution in [1.29, 1.82) is 0 Å². The van der Waals surface area contributed by atoms with E-state index in [-0.39, 0.29) is 17.9 Å². The molecule has 14 heavy (non-hydrogen) atoms. The Bertz CT molecular complexity index is 303. The summed E-state index contributed by atoms with van der Waals surface area (Å²) in [7, 11) is 0. The molecule has 4 N–H and O–H groups in total. The van der Waals surface area contributed by atoms with E-state index in [4.69, 9.17) is 5.73 Å². The van der Waals surface area contributed by atoms with E-state index >= 15 is 0 Å². The van der Waals surface area contributed by atoms with E-state index in [0.717, 1.165) is 18.4 Å². The van der Waals surface area contributed by atoms with Crippen molar-refractivity contribution in [1.82, 2.24) is 15.5 Å². The summed E-state index contributed by atoms with van der Waals surface area (Å²) < 4.78 is 0. The van der Waals surface area contributed by atoms with Gasteiger partial charge in [-0.3, -0.25) is 9.89 Å². The lowest BCUT2D eigenvalue weighted by molar-refractivity contribution is -0.128. The molecule has 1 fully saturated rings. The Balaban J connectivity index is 1.73. The SMILES string of the molecule is NC1CC(C(=O)NCc2cn[nH]c2)C1. The van der Waals surface area contributed by atoms with Crippen molar-refractivity contribution in [3.05, 3.63) is 18.0 Å². The number of hydrogen-bond acceptors (Lipinski definition) is 3. The van der Waals surface area contributed by atoms with Crippen molar-refractivity contribution in [2.75, 3.05) is 0 Å². The Kier molecular flexibility index (Phi) is 2.49. The van der Waals surface area contributed by atoms with Crippen LogP contribution in [0.1, 0.15) is 18.4 Å². The smallest absolute Gasteiger partial charge is 0.223 e. The summed E-state index contributed by atoms with van der Waals surface area (Å²) in [5, 5.41) is 9.34. The molecule has 1 saturated carbocycles. The van der Waals surface area contributed by atoms with Crippen molar-refractivity contribution in [2.24, 2.45) is 11.7 Å². The van der Waals surface area contributed by atoms with Gasteiger partial charge in [0.25, 0.3) is 0 Å². The molecule has 0 bridgehead atoms. The third-order valence-corrected chi connectivity index (χ3v) is 2.57. The molecule has 1 aliphatic rings. The normalized spacial score (nSPS) is 25.5. The summed E-state index contributed by atoms with van der Waals surface area (Å²) in [6.45, 7) is 0.543. The second kappa shape index (κ2) is 3.79. The Morgan fingerprint density at radius 3 is 3.07 bits per heavy atom. The van der Waals surface area contributed by atoms with Crippen LogP contribution in [0.15, 0.2) is 12.4 Å². The molecular weight excluding hydrogens is 180 g/mol. The monoisotopic (exact) mass is 194 g/mol. The van der Waals surface area contributed by atoms with E-state index in [2.05, 4.69) is 15.5 Å². The molecule has 0 saturated heterocycles. The molecule has 0 unspecified atom stereocenters. The van der Waals surface area contributed by atoms with Crippen molar-refractivity contribution in [3.63, 3.8) is 0 Å². The van der Waals surface area contributed by atoms with E-state index in [9.17, 15) is 4.79 Å². The Morgan fingerprint density at radius 1 is 1.71 bits per heavy atom. The average molecular weight is 194 g/mol. The fourth-order valence-corrected chi connectivity index (χ4v) is 1.58. The largest absolute Gasteiger partial charge is 0.352 e. The van der Waals surface area contributed by atoms with Crippen LogP contribution in [0.4, 0.5) is 0 Å². The maximum atomic E-state index is 11.5. The van der Waals surface area contributed by atoms with Crippen molar-refractivity contribution in [3.8, 4) is 0 Å². The number of amides is 1. The van der Waals surface area contributed by atoms with Crippen LogP contribution >= 0.6 is 0 Å². The van der Waals surface area contributed by atoms with Crippen LogP contribution in [0.3, 0.4) is 0 Å².